The Labute approximate surface area is 114 Å². The normalized spacial score (nSPS) is 26.9. The van der Waals surface area contributed by atoms with Gasteiger partial charge in [0, 0.05) is 12.8 Å². The molecule has 0 spiro atoms. The third kappa shape index (κ3) is 5.16. The molecule has 1 aliphatic heterocycles. The van der Waals surface area contributed by atoms with Gasteiger partial charge in [-0.1, -0.05) is 6.92 Å². The monoisotopic (exact) mass is 276 g/mol. The molecule has 19 heavy (non-hydrogen) atoms. The molecule has 1 unspecified atom stereocenters. The van der Waals surface area contributed by atoms with Crippen molar-refractivity contribution >= 4 is 5.78 Å². The Balaban J connectivity index is 2.67. The van der Waals surface area contributed by atoms with Crippen LogP contribution in [0.25, 0.3) is 0 Å². The van der Waals surface area contributed by atoms with Gasteiger partial charge in [-0.15, -0.1) is 0 Å². The zero-order chi connectivity index (χ0) is 14.6. The van der Waals surface area contributed by atoms with Gasteiger partial charge in [-0.05, 0) is 27.7 Å². The Morgan fingerprint density at radius 2 is 2.11 bits per heavy atom. The molecule has 0 bridgehead atoms. The Hall–Kier alpha value is -0.520. The number of hydrogen-bond donors (Lipinski definition) is 0. The number of alkyl halides is 1. The van der Waals surface area contributed by atoms with Crippen LogP contribution >= 0.6 is 0 Å². The summed E-state index contributed by atoms with van der Waals surface area (Å²) in [5.41, 5.74) is 0. The molecule has 5 heteroatoms. The highest BCUT2D eigenvalue weighted by atomic mass is 19.1. The van der Waals surface area contributed by atoms with Gasteiger partial charge in [0.05, 0.1) is 18.8 Å². The van der Waals surface area contributed by atoms with Crippen LogP contribution in [0.5, 0.6) is 0 Å². The molecular formula is C14H25FO4. The minimum atomic E-state index is -1.09. The first-order chi connectivity index (χ1) is 8.75. The number of carbonyl (C=O) groups is 1. The highest BCUT2D eigenvalue weighted by Crippen LogP contribution is 2.27. The van der Waals surface area contributed by atoms with Crippen molar-refractivity contribution in [2.75, 3.05) is 6.61 Å². The van der Waals surface area contributed by atoms with Crippen LogP contribution in [0.15, 0.2) is 0 Å². The van der Waals surface area contributed by atoms with E-state index in [0.717, 1.165) is 0 Å². The average molecular weight is 276 g/mol. The topological polar surface area (TPSA) is 44.8 Å². The average Bonchev–Trinajstić information content (AvgIpc) is 2.68. The lowest BCUT2D eigenvalue weighted by Crippen LogP contribution is -2.38. The van der Waals surface area contributed by atoms with Gasteiger partial charge in [-0.25, -0.2) is 4.39 Å². The Kier molecular flexibility index (Phi) is 5.89. The zero-order valence-electron chi connectivity index (χ0n) is 12.4. The Bertz CT molecular complexity index is 304. The van der Waals surface area contributed by atoms with E-state index in [1.54, 1.807) is 13.8 Å². The Morgan fingerprint density at radius 1 is 1.47 bits per heavy atom. The second-order valence-corrected chi connectivity index (χ2v) is 5.52. The summed E-state index contributed by atoms with van der Waals surface area (Å²) in [6.45, 7) is 8.90. The third-order valence-corrected chi connectivity index (χ3v) is 3.30. The summed E-state index contributed by atoms with van der Waals surface area (Å²) >= 11 is 0. The number of Topliss-reactive ketones (excluding diaryl/α,β-unsaturated/α-hetero) is 1. The van der Waals surface area contributed by atoms with Crippen LogP contribution in [-0.4, -0.2) is 42.7 Å². The van der Waals surface area contributed by atoms with Crippen LogP contribution in [0.1, 0.15) is 47.5 Å². The second kappa shape index (κ2) is 6.77. The standard InChI is InChI=1S/C14H25FO4/c1-6-11(16)7-12(18-10(3)9(2)15)13-8-17-14(4,5)19-13/h9-10,12-13H,6-8H2,1-5H3/t9?,10-,12-,13+/m1/s1. The van der Waals surface area contributed by atoms with E-state index < -0.39 is 24.2 Å². The van der Waals surface area contributed by atoms with Gasteiger partial charge in [0.1, 0.15) is 18.1 Å². The number of hydrogen-bond acceptors (Lipinski definition) is 4. The van der Waals surface area contributed by atoms with Crippen LogP contribution in [0, 0.1) is 0 Å². The molecule has 0 aromatic heterocycles. The van der Waals surface area contributed by atoms with E-state index >= 15 is 0 Å². The molecule has 0 N–H and O–H groups in total. The van der Waals surface area contributed by atoms with Crippen molar-refractivity contribution in [2.45, 2.75) is 77.7 Å². The van der Waals surface area contributed by atoms with Gasteiger partial charge in [0.15, 0.2) is 5.79 Å². The molecule has 112 valence electrons. The molecule has 1 aliphatic rings. The molecule has 0 aliphatic carbocycles. The number of halogens is 1. The first-order valence-electron chi connectivity index (χ1n) is 6.88. The van der Waals surface area contributed by atoms with Crippen LogP contribution in [0.4, 0.5) is 4.39 Å². The fraction of sp³-hybridized carbons (Fsp3) is 0.929. The maximum Gasteiger partial charge on any atom is 0.163 e. The third-order valence-electron chi connectivity index (χ3n) is 3.30. The fourth-order valence-corrected chi connectivity index (χ4v) is 1.92. The van der Waals surface area contributed by atoms with Crippen LogP contribution < -0.4 is 0 Å². The molecule has 4 atom stereocenters. The highest BCUT2D eigenvalue weighted by Gasteiger charge is 2.39. The van der Waals surface area contributed by atoms with Crippen LogP contribution in [0.2, 0.25) is 0 Å². The van der Waals surface area contributed by atoms with E-state index in [-0.39, 0.29) is 18.3 Å². The minimum absolute atomic E-state index is 0.0806. The SMILES string of the molecule is CCC(=O)C[C@@H](O[C@H](C)C(C)F)[C@@H]1COC(C)(C)O1. The van der Waals surface area contributed by atoms with Gasteiger partial charge < -0.3 is 14.2 Å². The van der Waals surface area contributed by atoms with E-state index in [2.05, 4.69) is 0 Å². The summed E-state index contributed by atoms with van der Waals surface area (Å²) in [6, 6.07) is 0. The number of ether oxygens (including phenoxy) is 3. The Morgan fingerprint density at radius 3 is 2.53 bits per heavy atom. The summed E-state index contributed by atoms with van der Waals surface area (Å²) in [7, 11) is 0. The maximum atomic E-state index is 13.2. The summed E-state index contributed by atoms with van der Waals surface area (Å²) < 4.78 is 30.1. The lowest BCUT2D eigenvalue weighted by molar-refractivity contribution is -0.167. The highest BCUT2D eigenvalue weighted by molar-refractivity contribution is 5.78. The quantitative estimate of drug-likeness (QED) is 0.717. The summed E-state index contributed by atoms with van der Waals surface area (Å²) in [5.74, 6) is -0.594. The summed E-state index contributed by atoms with van der Waals surface area (Å²) in [4.78, 5) is 11.6. The molecule has 1 fully saturated rings. The molecule has 1 rings (SSSR count). The van der Waals surface area contributed by atoms with Crippen molar-refractivity contribution in [1.29, 1.82) is 0 Å². The lowest BCUT2D eigenvalue weighted by Gasteiger charge is -2.27. The first-order valence-corrected chi connectivity index (χ1v) is 6.88. The van der Waals surface area contributed by atoms with Gasteiger partial charge >= 0.3 is 0 Å². The van der Waals surface area contributed by atoms with E-state index in [9.17, 15) is 9.18 Å². The van der Waals surface area contributed by atoms with Crippen molar-refractivity contribution in [1.82, 2.24) is 0 Å². The molecule has 0 aromatic rings. The molecule has 4 nitrogen and oxygen atoms in total. The summed E-state index contributed by atoms with van der Waals surface area (Å²) in [5, 5.41) is 0. The van der Waals surface area contributed by atoms with Gasteiger partial charge in [-0.2, -0.15) is 0 Å². The largest absolute Gasteiger partial charge is 0.369 e. The van der Waals surface area contributed by atoms with Gasteiger partial charge in [-0.3, -0.25) is 4.79 Å². The van der Waals surface area contributed by atoms with Crippen LogP contribution in [-0.2, 0) is 19.0 Å². The van der Waals surface area contributed by atoms with E-state index in [1.807, 2.05) is 13.8 Å². The number of rotatable bonds is 7. The molecule has 1 saturated heterocycles. The second-order valence-electron chi connectivity index (χ2n) is 5.52. The van der Waals surface area contributed by atoms with Gasteiger partial charge in [0.25, 0.3) is 0 Å². The van der Waals surface area contributed by atoms with Crippen molar-refractivity contribution < 1.29 is 23.4 Å². The van der Waals surface area contributed by atoms with E-state index in [1.165, 1.54) is 6.92 Å². The van der Waals surface area contributed by atoms with Crippen molar-refractivity contribution in [3.63, 3.8) is 0 Å². The number of ketones is 1. The molecular weight excluding hydrogens is 251 g/mol. The predicted octanol–water partition coefficient (Wildman–Crippen LogP) is 2.64. The van der Waals surface area contributed by atoms with E-state index in [4.69, 9.17) is 14.2 Å². The lowest BCUT2D eigenvalue weighted by atomic mass is 10.1. The smallest absolute Gasteiger partial charge is 0.163 e. The van der Waals surface area contributed by atoms with E-state index in [0.29, 0.717) is 13.0 Å². The first kappa shape index (κ1) is 16.5. The summed E-state index contributed by atoms with van der Waals surface area (Å²) in [6.07, 6.45) is -1.76. The zero-order valence-corrected chi connectivity index (χ0v) is 12.4. The minimum Gasteiger partial charge on any atom is -0.369 e. The molecule has 0 radical (unpaired) electrons. The van der Waals surface area contributed by atoms with Crippen LogP contribution in [0.3, 0.4) is 0 Å². The molecule has 0 amide bonds. The molecule has 0 saturated carbocycles. The van der Waals surface area contributed by atoms with Gasteiger partial charge in [0.2, 0.25) is 0 Å². The number of carbonyl (C=O) groups excluding carboxylic acids is 1. The van der Waals surface area contributed by atoms with Crippen molar-refractivity contribution in [3.8, 4) is 0 Å². The fourth-order valence-electron chi connectivity index (χ4n) is 1.92. The molecule has 0 aromatic carbocycles. The maximum absolute atomic E-state index is 13.2. The molecule has 1 heterocycles. The predicted molar refractivity (Wildman–Crippen MR) is 69.7 cm³/mol. The van der Waals surface area contributed by atoms with Crippen molar-refractivity contribution in [2.24, 2.45) is 0 Å². The van der Waals surface area contributed by atoms with Crippen molar-refractivity contribution in [3.05, 3.63) is 0 Å².